The SMILES string of the molecule is O=c1c2ccccc2sn1Cc1cc(C#CCO)cs1. The minimum Gasteiger partial charge on any atom is -0.384 e. The summed E-state index contributed by atoms with van der Waals surface area (Å²) in [6.45, 7) is 0.435. The topological polar surface area (TPSA) is 42.2 Å². The van der Waals surface area contributed by atoms with E-state index in [1.54, 1.807) is 15.3 Å². The normalized spacial score (nSPS) is 10.4. The molecule has 0 spiro atoms. The van der Waals surface area contributed by atoms with Crippen molar-refractivity contribution in [3.63, 3.8) is 0 Å². The first-order chi connectivity index (χ1) is 9.78. The Labute approximate surface area is 123 Å². The van der Waals surface area contributed by atoms with E-state index in [9.17, 15) is 4.79 Å². The van der Waals surface area contributed by atoms with Gasteiger partial charge in [0.25, 0.3) is 5.56 Å². The van der Waals surface area contributed by atoms with Crippen LogP contribution >= 0.6 is 22.9 Å². The van der Waals surface area contributed by atoms with Crippen molar-refractivity contribution >= 4 is 33.0 Å². The fourth-order valence-corrected chi connectivity index (χ4v) is 3.83. The molecule has 0 aliphatic heterocycles. The van der Waals surface area contributed by atoms with Gasteiger partial charge in [-0.05, 0) is 18.2 Å². The van der Waals surface area contributed by atoms with Crippen molar-refractivity contribution in [2.24, 2.45) is 0 Å². The molecule has 5 heteroatoms. The van der Waals surface area contributed by atoms with Gasteiger partial charge in [-0.25, -0.2) is 0 Å². The van der Waals surface area contributed by atoms with Gasteiger partial charge in [0.2, 0.25) is 0 Å². The maximum Gasteiger partial charge on any atom is 0.268 e. The number of fused-ring (bicyclic) bond motifs is 1. The van der Waals surface area contributed by atoms with Gasteiger partial charge in [0.05, 0.1) is 16.6 Å². The number of thiophene rings is 1. The van der Waals surface area contributed by atoms with Gasteiger partial charge in [-0.3, -0.25) is 8.75 Å². The Bertz CT molecular complexity index is 861. The van der Waals surface area contributed by atoms with Gasteiger partial charge in [-0.15, -0.1) is 11.3 Å². The van der Waals surface area contributed by atoms with Crippen molar-refractivity contribution in [1.29, 1.82) is 0 Å². The second-order valence-electron chi connectivity index (χ2n) is 4.19. The summed E-state index contributed by atoms with van der Waals surface area (Å²) in [4.78, 5) is 13.3. The third-order valence-electron chi connectivity index (χ3n) is 2.82. The van der Waals surface area contributed by atoms with Crippen LogP contribution in [0.15, 0.2) is 40.5 Å². The number of nitrogens with zero attached hydrogens (tertiary/aromatic N) is 1. The second-order valence-corrected chi connectivity index (χ2v) is 6.25. The highest BCUT2D eigenvalue weighted by molar-refractivity contribution is 7.14. The molecule has 0 unspecified atom stereocenters. The van der Waals surface area contributed by atoms with Crippen molar-refractivity contribution in [2.45, 2.75) is 6.54 Å². The Morgan fingerprint density at radius 3 is 2.95 bits per heavy atom. The number of rotatable bonds is 2. The zero-order valence-corrected chi connectivity index (χ0v) is 12.1. The zero-order valence-electron chi connectivity index (χ0n) is 10.5. The lowest BCUT2D eigenvalue weighted by Gasteiger charge is -1.95. The van der Waals surface area contributed by atoms with Crippen molar-refractivity contribution in [1.82, 2.24) is 3.96 Å². The molecule has 1 aromatic carbocycles. The predicted molar refractivity (Wildman–Crippen MR) is 83.5 cm³/mol. The van der Waals surface area contributed by atoms with Crippen molar-refractivity contribution in [2.75, 3.05) is 6.61 Å². The van der Waals surface area contributed by atoms with Crippen LogP contribution in [0.1, 0.15) is 10.4 Å². The lowest BCUT2D eigenvalue weighted by Crippen LogP contribution is -2.12. The molecule has 0 saturated carbocycles. The Hall–Kier alpha value is -1.87. The molecule has 3 rings (SSSR count). The summed E-state index contributed by atoms with van der Waals surface area (Å²) in [5.74, 6) is 5.49. The van der Waals surface area contributed by atoms with Gasteiger partial charge in [0, 0.05) is 15.8 Å². The number of hydrogen-bond donors (Lipinski definition) is 1. The maximum atomic E-state index is 12.2. The molecule has 0 aliphatic rings. The molecular formula is C15H11NO2S2. The number of aliphatic hydroxyl groups is 1. The standard InChI is InChI=1S/C15H11NO2S2/c17-7-3-4-11-8-12(19-10-11)9-16-15(18)13-5-1-2-6-14(13)20-16/h1-2,5-6,8,10,17H,7,9H2. The fourth-order valence-electron chi connectivity index (χ4n) is 1.93. The largest absolute Gasteiger partial charge is 0.384 e. The molecule has 0 amide bonds. The highest BCUT2D eigenvalue weighted by Crippen LogP contribution is 2.20. The zero-order chi connectivity index (χ0) is 13.9. The average Bonchev–Trinajstić information content (AvgIpc) is 3.03. The third-order valence-corrected chi connectivity index (χ3v) is 4.81. The van der Waals surface area contributed by atoms with Crippen molar-refractivity contribution in [3.8, 4) is 11.8 Å². The van der Waals surface area contributed by atoms with E-state index in [-0.39, 0.29) is 12.2 Å². The summed E-state index contributed by atoms with van der Waals surface area (Å²) >= 11 is 3.06. The number of aromatic nitrogens is 1. The molecule has 0 fully saturated rings. The monoisotopic (exact) mass is 301 g/mol. The van der Waals surface area contributed by atoms with Crippen molar-refractivity contribution < 1.29 is 5.11 Å². The van der Waals surface area contributed by atoms with Crippen LogP contribution in [0.5, 0.6) is 0 Å². The maximum absolute atomic E-state index is 12.2. The van der Waals surface area contributed by atoms with Crippen LogP contribution in [0.3, 0.4) is 0 Å². The molecule has 100 valence electrons. The Kier molecular flexibility index (Phi) is 3.70. The van der Waals surface area contributed by atoms with Crippen molar-refractivity contribution in [3.05, 3.63) is 56.5 Å². The molecule has 3 aromatic rings. The molecular weight excluding hydrogens is 290 g/mol. The highest BCUT2D eigenvalue weighted by atomic mass is 32.1. The molecule has 0 saturated heterocycles. The van der Waals surface area contributed by atoms with E-state index in [0.29, 0.717) is 6.54 Å². The molecule has 2 aromatic heterocycles. The first kappa shape index (κ1) is 13.1. The van der Waals surface area contributed by atoms with E-state index in [1.165, 1.54) is 11.5 Å². The second kappa shape index (κ2) is 5.63. The lowest BCUT2D eigenvalue weighted by molar-refractivity contribution is 0.350. The van der Waals surface area contributed by atoms with Crippen LogP contribution in [0.2, 0.25) is 0 Å². The molecule has 20 heavy (non-hydrogen) atoms. The van der Waals surface area contributed by atoms with Crippen LogP contribution in [-0.4, -0.2) is 15.7 Å². The van der Waals surface area contributed by atoms with Gasteiger partial charge in [0.15, 0.2) is 0 Å². The van der Waals surface area contributed by atoms with Gasteiger partial charge in [0.1, 0.15) is 6.61 Å². The van der Waals surface area contributed by atoms with Crippen LogP contribution in [0.25, 0.3) is 10.1 Å². The summed E-state index contributed by atoms with van der Waals surface area (Å²) in [5.41, 5.74) is 0.940. The fraction of sp³-hybridized carbons (Fsp3) is 0.133. The average molecular weight is 301 g/mol. The molecule has 0 radical (unpaired) electrons. The first-order valence-corrected chi connectivity index (χ1v) is 7.69. The molecule has 1 N–H and O–H groups in total. The van der Waals surface area contributed by atoms with Crippen LogP contribution < -0.4 is 5.56 Å². The minimum absolute atomic E-state index is 0.0574. The molecule has 0 aliphatic carbocycles. The summed E-state index contributed by atoms with van der Waals surface area (Å²) in [7, 11) is 0. The predicted octanol–water partition coefficient (Wildman–Crippen LogP) is 2.52. The number of benzene rings is 1. The highest BCUT2D eigenvalue weighted by Gasteiger charge is 2.08. The Balaban J connectivity index is 1.91. The Morgan fingerprint density at radius 1 is 1.30 bits per heavy atom. The summed E-state index contributed by atoms with van der Waals surface area (Å²) < 4.78 is 2.77. The molecule has 2 heterocycles. The van der Waals surface area contributed by atoms with E-state index in [1.807, 2.05) is 35.7 Å². The summed E-state index contributed by atoms with van der Waals surface area (Å²) in [6, 6.07) is 9.61. The summed E-state index contributed by atoms with van der Waals surface area (Å²) in [5, 5.41) is 11.4. The van der Waals surface area contributed by atoms with Gasteiger partial charge in [-0.1, -0.05) is 35.5 Å². The van der Waals surface area contributed by atoms with Crippen LogP contribution in [-0.2, 0) is 6.54 Å². The molecule has 0 bridgehead atoms. The lowest BCUT2D eigenvalue weighted by atomic mass is 10.3. The minimum atomic E-state index is -0.138. The number of aliphatic hydroxyl groups excluding tert-OH is 1. The van der Waals surface area contributed by atoms with Crippen LogP contribution in [0, 0.1) is 11.8 Å². The Morgan fingerprint density at radius 2 is 2.15 bits per heavy atom. The first-order valence-electron chi connectivity index (χ1n) is 6.04. The van der Waals surface area contributed by atoms with E-state index < -0.39 is 0 Å². The summed E-state index contributed by atoms with van der Waals surface area (Å²) in [6.07, 6.45) is 0. The number of hydrogen-bond acceptors (Lipinski definition) is 4. The molecule has 3 nitrogen and oxygen atoms in total. The van der Waals surface area contributed by atoms with Gasteiger partial charge >= 0.3 is 0 Å². The van der Waals surface area contributed by atoms with E-state index in [2.05, 4.69) is 11.8 Å². The smallest absolute Gasteiger partial charge is 0.268 e. The third kappa shape index (κ3) is 2.54. The van der Waals surface area contributed by atoms with Gasteiger partial charge < -0.3 is 5.11 Å². The van der Waals surface area contributed by atoms with Gasteiger partial charge in [-0.2, -0.15) is 0 Å². The van der Waals surface area contributed by atoms with E-state index in [4.69, 9.17) is 5.11 Å². The quantitative estimate of drug-likeness (QED) is 0.739. The van der Waals surface area contributed by atoms with E-state index >= 15 is 0 Å². The van der Waals surface area contributed by atoms with Crippen LogP contribution in [0.4, 0.5) is 0 Å². The molecule has 0 atom stereocenters. The van der Waals surface area contributed by atoms with E-state index in [0.717, 1.165) is 20.5 Å².